The molecule has 0 aliphatic rings. The zero-order chi connectivity index (χ0) is 86.2. The van der Waals surface area contributed by atoms with E-state index in [9.17, 15) is 0 Å². The van der Waals surface area contributed by atoms with Crippen LogP contribution in [-0.2, 0) is 43.3 Å². The van der Waals surface area contributed by atoms with Gasteiger partial charge in [-0.1, -0.05) is 281 Å². The molecule has 0 spiro atoms. The maximum Gasteiger partial charge on any atom is 0.0702 e. The molecule has 18 rings (SSSR count). The summed E-state index contributed by atoms with van der Waals surface area (Å²) in [4.78, 5) is 5.15. The van der Waals surface area contributed by atoms with Crippen LogP contribution in [0.15, 0.2) is 291 Å². The van der Waals surface area contributed by atoms with Crippen LogP contribution in [0.4, 0.5) is 34.1 Å². The monoisotopic (exact) mass is 1600 g/mol. The average molecular weight is 1600 g/mol. The summed E-state index contributed by atoms with van der Waals surface area (Å²) in [5, 5.41) is 9.94. The second-order valence-corrected chi connectivity index (χ2v) is 43.0. The number of benzene rings is 14. The zero-order valence-electron chi connectivity index (χ0n) is 76.4. The topological polar surface area (TPSA) is 26.2 Å². The van der Waals surface area contributed by atoms with Crippen LogP contribution in [-0.4, -0.2) is 18.3 Å². The molecule has 0 aliphatic carbocycles. The highest BCUT2D eigenvalue weighted by Gasteiger charge is 2.32. The van der Waals surface area contributed by atoms with E-state index in [1.807, 2.05) is 0 Å². The van der Waals surface area contributed by atoms with Gasteiger partial charge < -0.3 is 28.1 Å². The number of fused-ring (bicyclic) bond motifs is 12. The van der Waals surface area contributed by atoms with Crippen molar-refractivity contribution in [3.8, 4) is 33.9 Å². The quantitative estimate of drug-likeness (QED) is 0.129. The lowest BCUT2D eigenvalue weighted by Crippen LogP contribution is -2.17. The molecule has 0 bridgehead atoms. The Balaban J connectivity index is 0.961. The Morgan fingerprint density at radius 1 is 0.172 bits per heavy atom. The van der Waals surface area contributed by atoms with E-state index in [4.69, 9.17) is 0 Å². The van der Waals surface area contributed by atoms with Crippen molar-refractivity contribution in [1.82, 2.24) is 18.3 Å². The number of para-hydroxylation sites is 4. The molecule has 6 heteroatoms. The number of aromatic nitrogens is 4. The van der Waals surface area contributed by atoms with E-state index in [2.05, 4.69) is 485 Å². The van der Waals surface area contributed by atoms with E-state index in [0.29, 0.717) is 0 Å². The summed E-state index contributed by atoms with van der Waals surface area (Å²) in [6.45, 7) is 56.0. The minimum Gasteiger partial charge on any atom is -0.309 e. The molecule has 6 nitrogen and oxygen atoms in total. The summed E-state index contributed by atoms with van der Waals surface area (Å²) in [7, 11) is 0. The highest BCUT2D eigenvalue weighted by molar-refractivity contribution is 6.14. The molecule has 0 unspecified atom stereocenters. The molecule has 18 aromatic rings. The smallest absolute Gasteiger partial charge is 0.0702 e. The largest absolute Gasteiger partial charge is 0.309 e. The van der Waals surface area contributed by atoms with Crippen molar-refractivity contribution >= 4 is 121 Å². The van der Waals surface area contributed by atoms with Crippen molar-refractivity contribution < 1.29 is 0 Å². The number of nitrogens with zero attached hydrogens (tertiary/aromatic N) is 6. The number of anilines is 6. The van der Waals surface area contributed by atoms with Gasteiger partial charge in [0.15, 0.2) is 0 Å². The van der Waals surface area contributed by atoms with Crippen LogP contribution in [0.1, 0.15) is 211 Å². The number of hydrogen-bond donors (Lipinski definition) is 0. The lowest BCUT2D eigenvalue weighted by molar-refractivity contribution is 0.590. The third-order valence-corrected chi connectivity index (χ3v) is 25.9. The molecular weight excluding hydrogens is 1480 g/mol. The summed E-state index contributed by atoms with van der Waals surface area (Å²) in [5.41, 5.74) is 31.5. The second kappa shape index (κ2) is 28.8. The van der Waals surface area contributed by atoms with Gasteiger partial charge in [-0.3, -0.25) is 0 Å². The molecular formula is C116H120N6. The Hall–Kier alpha value is -12.1. The van der Waals surface area contributed by atoms with Crippen molar-refractivity contribution in [2.45, 2.75) is 209 Å². The molecule has 0 aliphatic heterocycles. The first kappa shape index (κ1) is 80.9. The van der Waals surface area contributed by atoms with Crippen LogP contribution >= 0.6 is 0 Å². The van der Waals surface area contributed by atoms with Crippen molar-refractivity contribution in [2.75, 3.05) is 9.80 Å². The van der Waals surface area contributed by atoms with Gasteiger partial charge in [-0.2, -0.15) is 0 Å². The molecule has 14 aromatic carbocycles. The van der Waals surface area contributed by atoms with Gasteiger partial charge in [-0.05, 0) is 275 Å². The number of rotatable bonds is 11. The van der Waals surface area contributed by atoms with Crippen LogP contribution in [0.3, 0.4) is 0 Å². The molecule has 122 heavy (non-hydrogen) atoms. The highest BCUT2D eigenvalue weighted by Crippen LogP contribution is 2.52. The molecule has 0 saturated carbocycles. The van der Waals surface area contributed by atoms with Gasteiger partial charge in [0.1, 0.15) is 0 Å². The summed E-state index contributed by atoms with van der Waals surface area (Å²) >= 11 is 0. The minimum absolute atomic E-state index is 0.0658. The maximum absolute atomic E-state index is 2.58. The molecule has 0 saturated heterocycles. The lowest BCUT2D eigenvalue weighted by atomic mass is 9.85. The summed E-state index contributed by atoms with van der Waals surface area (Å²) in [6.07, 6.45) is 0. The van der Waals surface area contributed by atoms with E-state index in [-0.39, 0.29) is 43.3 Å². The lowest BCUT2D eigenvalue weighted by Gasteiger charge is -2.33. The van der Waals surface area contributed by atoms with Crippen LogP contribution in [0.2, 0.25) is 0 Å². The fraction of sp³-hybridized carbons (Fsp3) is 0.276. The maximum atomic E-state index is 2.58. The van der Waals surface area contributed by atoms with Crippen LogP contribution in [0.25, 0.3) is 121 Å². The molecule has 0 atom stereocenters. The second-order valence-electron chi connectivity index (χ2n) is 43.0. The summed E-state index contributed by atoms with van der Waals surface area (Å²) in [5.74, 6) is 0. The molecule has 0 N–H and O–H groups in total. The first-order valence-electron chi connectivity index (χ1n) is 44.1. The molecule has 0 radical (unpaired) electrons. The predicted molar refractivity (Wildman–Crippen MR) is 528 cm³/mol. The highest BCUT2D eigenvalue weighted by atomic mass is 15.2. The normalized spacial score (nSPS) is 13.1. The van der Waals surface area contributed by atoms with Crippen molar-refractivity contribution in [1.29, 1.82) is 0 Å². The molecule has 4 aromatic heterocycles. The minimum atomic E-state index is -0.0883. The fourth-order valence-corrected chi connectivity index (χ4v) is 18.6. The van der Waals surface area contributed by atoms with Gasteiger partial charge in [-0.15, -0.1) is 0 Å². The van der Waals surface area contributed by atoms with E-state index < -0.39 is 0 Å². The van der Waals surface area contributed by atoms with E-state index in [1.165, 1.54) is 110 Å². The van der Waals surface area contributed by atoms with E-state index >= 15 is 0 Å². The fourth-order valence-electron chi connectivity index (χ4n) is 18.6. The third-order valence-electron chi connectivity index (χ3n) is 25.9. The zero-order valence-corrected chi connectivity index (χ0v) is 76.4. The summed E-state index contributed by atoms with van der Waals surface area (Å²) in [6, 6.07) is 113. The van der Waals surface area contributed by atoms with Gasteiger partial charge in [0, 0.05) is 77.2 Å². The molecule has 614 valence electrons. The van der Waals surface area contributed by atoms with Crippen molar-refractivity contribution in [3.63, 3.8) is 0 Å². The summed E-state index contributed by atoms with van der Waals surface area (Å²) < 4.78 is 10.2. The van der Waals surface area contributed by atoms with Crippen LogP contribution in [0, 0.1) is 0 Å². The molecule has 0 fully saturated rings. The van der Waals surface area contributed by atoms with Gasteiger partial charge in [0.25, 0.3) is 0 Å². The van der Waals surface area contributed by atoms with Gasteiger partial charge in [-0.25, -0.2) is 0 Å². The van der Waals surface area contributed by atoms with Crippen LogP contribution < -0.4 is 9.80 Å². The predicted octanol–water partition coefficient (Wildman–Crippen LogP) is 33.1. The first-order valence-corrected chi connectivity index (χ1v) is 44.1. The van der Waals surface area contributed by atoms with Gasteiger partial charge in [0.05, 0.1) is 66.9 Å². The Morgan fingerprint density at radius 2 is 0.402 bits per heavy atom. The standard InChI is InChI=1S/C116H120N6/c1-109(2,3)75-44-52-97-89(62-75)90-63-76(110(4,5)6)45-53-98(90)119(97)85-38-32-36-83(70-85)117(105-40-28-30-42-107(105)121-101-56-48-79(113(13,14)15)66-93(101)94-67-80(114(16,17)18)49-57-102(94)121)87-60-74(73-34-26-25-27-35-73)61-88(72-87)118(84-37-33-39-86(71-84)120-99-54-46-77(111(7,8)9)64-91(99)92-65-78(112(10,11)12)47-55-100(92)120)106-41-29-31-43-108(106)122-103-58-50-81(115(19,20)21)68-95(103)96-69-82(116(22,23)24)51-59-104(96)122/h25-72H,1-24H3. The number of hydrogen-bond acceptors (Lipinski definition) is 2. The van der Waals surface area contributed by atoms with Crippen LogP contribution in [0.5, 0.6) is 0 Å². The molecule has 4 heterocycles. The van der Waals surface area contributed by atoms with Crippen molar-refractivity contribution in [2.24, 2.45) is 0 Å². The Labute approximate surface area is 723 Å². The first-order chi connectivity index (χ1) is 57.5. The van der Waals surface area contributed by atoms with E-state index in [0.717, 1.165) is 90.1 Å². The molecule has 0 amide bonds. The Morgan fingerprint density at radius 3 is 0.648 bits per heavy atom. The van der Waals surface area contributed by atoms with Gasteiger partial charge in [0.2, 0.25) is 0 Å². The Bertz CT molecular complexity index is 6510. The average Bonchev–Trinajstić information content (AvgIpc) is 1.72. The van der Waals surface area contributed by atoms with Gasteiger partial charge >= 0.3 is 0 Å². The van der Waals surface area contributed by atoms with E-state index in [1.54, 1.807) is 0 Å². The SMILES string of the molecule is CC(C)(C)c1ccc2c(c1)c1cc(C(C)(C)C)ccc1n2-c1cccc(N(c2cc(-c3ccccc3)cc(N(c3cccc(-n4c5ccc(C(C)(C)C)cc5c5cc(C(C)(C)C)ccc54)c3)c3ccccc3-n3c4ccc(C(C)(C)C)cc4c4cc(C(C)(C)C)ccc43)c2)c2ccccc2-n2c3ccc(C(C)(C)C)cc3c3cc(C(C)(C)C)ccc32)c1. The Kier molecular flexibility index (Phi) is 19.1. The van der Waals surface area contributed by atoms with Crippen molar-refractivity contribution in [3.05, 3.63) is 336 Å². The third kappa shape index (κ3) is 14.3.